The molecule has 0 aliphatic carbocycles. The second kappa shape index (κ2) is 45.9. The molecule has 0 aliphatic heterocycles. The molecule has 30 nitrogen and oxygen atoms in total. The first-order chi connectivity index (χ1) is 69.7. The summed E-state index contributed by atoms with van der Waals surface area (Å²) in [5.41, 5.74) is 26.3. The van der Waals surface area contributed by atoms with Crippen LogP contribution in [0.1, 0.15) is 28.5 Å². The summed E-state index contributed by atoms with van der Waals surface area (Å²) in [6, 6.07) is 101. The SMILES string of the molecule is CCc1cc(-c2ccccc2O)n[nH]1.COc1ccccc1-c1cc(-c2ccccc2F)[nH]n1.Cc1ccc(-c2cc(-c3ccc(O)cc3O)[nH]n2)cc1.Cn1nc(-c2ccccc2O)cc1-c1ccco1.NC(=O)c1ccccc1-c1cc(-c2ccco2)[nH]n1.Oc1c(F)cccc1-c1cc(-c2ccco2)[nH]n1.Oc1cc(Cl)ccc1-c1cc(-c2ccco2)[nH]n1.c1ccc(-c2cc(-c3ccco3)[nH]n2)cc1. The Bertz CT molecular complexity index is 8020. The van der Waals surface area contributed by atoms with Gasteiger partial charge in [0.2, 0.25) is 5.91 Å². The Morgan fingerprint density at radius 1 is 0.357 bits per heavy atom. The molecule has 13 aromatic heterocycles. The minimum Gasteiger partial charge on any atom is -0.508 e. The number of nitrogens with one attached hydrogen (secondary N) is 7. The highest BCUT2D eigenvalue weighted by atomic mass is 35.5. The number of hydrogen-bond donors (Lipinski definition) is 14. The standard InChI is InChI=1S/C16H13FN2O.C16H14N2O2.C14H11N3O2.C14H12N2O2.C13H9ClN2O2.C13H9FN2O2.C13H10N2O.C11H12N2O/c1-20-16-9-5-3-7-12(16)15-10-14(18-19-15)11-6-2-4-8-13(11)17;1-10-2-4-11(5-3-10)14-9-15(18-17-14)13-7-6-12(19)8-16(13)20;15-14(18)10-5-2-1-4-9(10)11-8-12(17-16-11)13-6-3-7-19-13;1-16-12(14-7-4-8-18-14)9-11(15-16)10-5-2-3-6-13(10)17;14-8-3-4-9(12(17)6-8)10-7-11(16-15-10)13-2-1-5-18-13;14-9-4-1-3-8(13(9)17)10-7-11(16-15-10)12-5-2-6-18-12;1-2-5-10(6-3-1)11-9-12(15-14-11)13-7-4-8-16-13;1-2-8-7-10(13-12-8)9-5-3-4-6-11(9)14/h2-10H,1H3,(H,18,19);2-9,19-20H,1H3,(H,17,18);1-8H,(H2,15,18)(H,16,17);2-9,17H,1H3;2*1-7,17H,(H,15,16);1-9H,(H,14,15);3-7,14H,2H2,1H3,(H,12,13). The Kier molecular flexibility index (Phi) is 31.0. The molecule has 13 heterocycles. The Morgan fingerprint density at radius 3 is 1.27 bits per heavy atom. The average molecular weight is 1930 g/mol. The van der Waals surface area contributed by atoms with E-state index in [4.69, 9.17) is 44.2 Å². The summed E-state index contributed by atoms with van der Waals surface area (Å²) >= 11 is 5.79. The van der Waals surface area contributed by atoms with E-state index < -0.39 is 17.5 Å². The zero-order valence-electron chi connectivity index (χ0n) is 76.7. The van der Waals surface area contributed by atoms with Gasteiger partial charge in [-0.15, -0.1) is 0 Å². The van der Waals surface area contributed by atoms with E-state index in [0.717, 1.165) is 103 Å². The molecule has 0 spiro atoms. The number of hydrogen-bond acceptors (Lipinski definition) is 21. The number of carbonyl (C=O) groups excluding carboxylic acids is 1. The maximum absolute atomic E-state index is 13.8. The monoisotopic (exact) mass is 1930 g/mol. The van der Waals surface area contributed by atoms with Gasteiger partial charge >= 0.3 is 0 Å². The summed E-state index contributed by atoms with van der Waals surface area (Å²) in [5, 5.41) is 112. The molecule has 10 aromatic carbocycles. The molecule has 0 saturated heterocycles. The van der Waals surface area contributed by atoms with Crippen LogP contribution in [0, 0.1) is 18.6 Å². The molecule has 0 unspecified atom stereocenters. The van der Waals surface area contributed by atoms with Crippen LogP contribution in [0.5, 0.6) is 40.2 Å². The van der Waals surface area contributed by atoms with E-state index >= 15 is 0 Å². The van der Waals surface area contributed by atoms with Gasteiger partial charge in [-0.05, 0) is 220 Å². The second-order valence-corrected chi connectivity index (χ2v) is 31.8. The molecule has 23 aromatic rings. The summed E-state index contributed by atoms with van der Waals surface area (Å²) in [7, 11) is 3.46. The number of nitrogens with two attached hydrogens (primary N) is 1. The van der Waals surface area contributed by atoms with Crippen molar-refractivity contribution in [2.75, 3.05) is 7.11 Å². The van der Waals surface area contributed by atoms with Gasteiger partial charge in [-0.2, -0.15) is 40.8 Å². The lowest BCUT2D eigenvalue weighted by atomic mass is 10.0. The van der Waals surface area contributed by atoms with Crippen molar-refractivity contribution in [3.05, 3.63) is 405 Å². The van der Waals surface area contributed by atoms with E-state index in [1.165, 1.54) is 42.0 Å². The molecule has 143 heavy (non-hydrogen) atoms. The quantitative estimate of drug-likeness (QED) is 0.0379. The highest BCUT2D eigenvalue weighted by Crippen LogP contribution is 2.40. The topological polar surface area (TPSA) is 458 Å². The number of benzene rings is 10. The van der Waals surface area contributed by atoms with Crippen LogP contribution >= 0.6 is 11.6 Å². The molecule has 0 atom stereocenters. The number of phenols is 6. The predicted molar refractivity (Wildman–Crippen MR) is 540 cm³/mol. The van der Waals surface area contributed by atoms with Gasteiger partial charge in [-0.25, -0.2) is 8.78 Å². The van der Waals surface area contributed by atoms with E-state index in [1.807, 2.05) is 208 Å². The highest BCUT2D eigenvalue weighted by Gasteiger charge is 2.21. The first-order valence-electron chi connectivity index (χ1n) is 44.2. The van der Waals surface area contributed by atoms with Gasteiger partial charge in [-0.1, -0.05) is 151 Å². The number of aryl methyl sites for hydroxylation is 3. The molecular formula is C110H90ClF2N17O13. The van der Waals surface area contributed by atoms with Crippen LogP contribution in [-0.2, 0) is 13.5 Å². The van der Waals surface area contributed by atoms with E-state index in [2.05, 4.69) is 83.4 Å². The summed E-state index contributed by atoms with van der Waals surface area (Å²) in [6.07, 6.45) is 8.93. The molecule has 0 radical (unpaired) electrons. The molecule has 33 heteroatoms. The minimum atomic E-state index is -0.671. The number of nitrogens with zero attached hydrogens (tertiary/aromatic N) is 9. The van der Waals surface area contributed by atoms with Gasteiger partial charge in [0.05, 0.1) is 95.4 Å². The van der Waals surface area contributed by atoms with Gasteiger partial charge in [-0.3, -0.25) is 45.2 Å². The van der Waals surface area contributed by atoms with Crippen LogP contribution in [0.25, 0.3) is 170 Å². The van der Waals surface area contributed by atoms with Crippen molar-refractivity contribution in [2.24, 2.45) is 12.8 Å². The predicted octanol–water partition coefficient (Wildman–Crippen LogP) is 25.4. The fraction of sp³-hybridized carbons (Fsp3) is 0.0455. The number of furan rings is 5. The van der Waals surface area contributed by atoms with Gasteiger partial charge in [0.1, 0.15) is 68.8 Å². The van der Waals surface area contributed by atoms with Gasteiger partial charge in [0.15, 0.2) is 40.4 Å². The summed E-state index contributed by atoms with van der Waals surface area (Å²) in [4.78, 5) is 11.4. The number of carbonyl (C=O) groups is 1. The Hall–Kier alpha value is -19.5. The number of halogens is 3. The average Bonchev–Trinajstić information content (AvgIpc) is 1.71. The van der Waals surface area contributed by atoms with Crippen molar-refractivity contribution in [2.45, 2.75) is 20.3 Å². The molecule has 0 aliphatic rings. The molecule has 0 saturated carbocycles. The van der Waals surface area contributed by atoms with Crippen molar-refractivity contribution in [3.63, 3.8) is 0 Å². The van der Waals surface area contributed by atoms with Crippen molar-refractivity contribution in [1.82, 2.24) is 81.2 Å². The zero-order chi connectivity index (χ0) is 99.7. The number of aromatic amines is 7. The van der Waals surface area contributed by atoms with Crippen molar-refractivity contribution in [3.8, 4) is 210 Å². The van der Waals surface area contributed by atoms with Crippen LogP contribution in [0.2, 0.25) is 5.02 Å². The van der Waals surface area contributed by atoms with Crippen LogP contribution < -0.4 is 10.5 Å². The van der Waals surface area contributed by atoms with E-state index in [0.29, 0.717) is 95.4 Å². The number of methoxy groups -OCH3 is 1. The Labute approximate surface area is 819 Å². The molecule has 714 valence electrons. The van der Waals surface area contributed by atoms with Crippen molar-refractivity contribution >= 4 is 17.5 Å². The van der Waals surface area contributed by atoms with Crippen LogP contribution in [0.4, 0.5) is 8.78 Å². The van der Waals surface area contributed by atoms with E-state index in [9.17, 15) is 44.2 Å². The third-order valence-electron chi connectivity index (χ3n) is 21.8. The molecule has 15 N–H and O–H groups in total. The Balaban J connectivity index is 0.000000118. The first kappa shape index (κ1) is 96.6. The smallest absolute Gasteiger partial charge is 0.249 e. The number of amides is 1. The van der Waals surface area contributed by atoms with Crippen LogP contribution in [-0.4, -0.2) is 125 Å². The van der Waals surface area contributed by atoms with Crippen LogP contribution in [0.15, 0.2) is 393 Å². The molecule has 1 amide bonds. The molecule has 0 bridgehead atoms. The van der Waals surface area contributed by atoms with Crippen molar-refractivity contribution < 1.29 is 71.0 Å². The zero-order valence-corrected chi connectivity index (χ0v) is 77.5. The lowest BCUT2D eigenvalue weighted by molar-refractivity contribution is 0.100. The molecule has 23 rings (SSSR count). The largest absolute Gasteiger partial charge is 0.508 e. The lowest BCUT2D eigenvalue weighted by Gasteiger charge is -2.04. The number of para-hydroxylation sites is 4. The second-order valence-electron chi connectivity index (χ2n) is 31.4. The third-order valence-corrected chi connectivity index (χ3v) is 22.1. The number of phenolic OH excluding ortho intramolecular Hbond substituents is 6. The maximum atomic E-state index is 13.8. The number of primary amides is 1. The molecular weight excluding hydrogens is 1840 g/mol. The fourth-order valence-corrected chi connectivity index (χ4v) is 14.7. The highest BCUT2D eigenvalue weighted by molar-refractivity contribution is 6.30. The number of aromatic nitrogens is 16. The van der Waals surface area contributed by atoms with E-state index in [1.54, 1.807) is 152 Å². The van der Waals surface area contributed by atoms with Crippen LogP contribution in [0.3, 0.4) is 0 Å². The maximum Gasteiger partial charge on any atom is 0.249 e. The summed E-state index contributed by atoms with van der Waals surface area (Å²) in [5.74, 6) is 3.12. The number of aromatic hydroxyl groups is 6. The number of rotatable bonds is 18. The lowest BCUT2D eigenvalue weighted by Crippen LogP contribution is -2.12. The first-order valence-corrected chi connectivity index (χ1v) is 44.6. The minimum absolute atomic E-state index is 0.0177. The molecule has 0 fully saturated rings. The third kappa shape index (κ3) is 24.1. The number of H-pyrrole nitrogens is 7. The van der Waals surface area contributed by atoms with Gasteiger partial charge in [0, 0.05) is 85.0 Å². The van der Waals surface area contributed by atoms with Gasteiger partial charge < -0.3 is 63.2 Å². The normalized spacial score (nSPS) is 10.6. The number of ether oxygens (including phenoxy) is 1. The van der Waals surface area contributed by atoms with Gasteiger partial charge in [0.25, 0.3) is 0 Å². The Morgan fingerprint density at radius 2 is 0.755 bits per heavy atom. The fourth-order valence-electron chi connectivity index (χ4n) is 14.6. The summed E-state index contributed by atoms with van der Waals surface area (Å²) in [6.45, 7) is 4.09. The van der Waals surface area contributed by atoms with E-state index in [-0.39, 0.29) is 34.6 Å². The van der Waals surface area contributed by atoms with Crippen molar-refractivity contribution in [1.29, 1.82) is 0 Å². The summed E-state index contributed by atoms with van der Waals surface area (Å²) < 4.78 is 60.5.